The summed E-state index contributed by atoms with van der Waals surface area (Å²) in [7, 11) is 2.11. The van der Waals surface area contributed by atoms with Crippen molar-refractivity contribution in [2.45, 2.75) is 12.3 Å². The number of piperazine rings is 1. The summed E-state index contributed by atoms with van der Waals surface area (Å²) < 4.78 is 0. The highest BCUT2D eigenvalue weighted by molar-refractivity contribution is 5.99. The summed E-state index contributed by atoms with van der Waals surface area (Å²) in [5, 5.41) is 2.99. The van der Waals surface area contributed by atoms with Crippen molar-refractivity contribution in [3.05, 3.63) is 65.7 Å². The summed E-state index contributed by atoms with van der Waals surface area (Å²) in [4.78, 5) is 29.5. The van der Waals surface area contributed by atoms with Gasteiger partial charge in [-0.05, 0) is 49.2 Å². The minimum Gasteiger partial charge on any atom is -0.326 e. The molecule has 0 radical (unpaired) electrons. The van der Waals surface area contributed by atoms with Crippen molar-refractivity contribution in [2.24, 2.45) is 5.92 Å². The highest BCUT2D eigenvalue weighted by Gasteiger charge is 2.43. The maximum absolute atomic E-state index is 12.5. The van der Waals surface area contributed by atoms with Crippen molar-refractivity contribution in [1.29, 1.82) is 0 Å². The van der Waals surface area contributed by atoms with Gasteiger partial charge >= 0.3 is 0 Å². The number of ketones is 1. The van der Waals surface area contributed by atoms with Crippen LogP contribution in [0.1, 0.15) is 28.3 Å². The van der Waals surface area contributed by atoms with Crippen molar-refractivity contribution in [2.75, 3.05) is 45.1 Å². The number of amides is 1. The molecule has 1 N–H and O–H groups in total. The van der Waals surface area contributed by atoms with Gasteiger partial charge in [0, 0.05) is 43.3 Å². The molecule has 2 aliphatic rings. The van der Waals surface area contributed by atoms with E-state index in [1.165, 1.54) is 5.56 Å². The Morgan fingerprint density at radius 3 is 2.32 bits per heavy atom. The molecular formula is C23H27N3O2. The van der Waals surface area contributed by atoms with Crippen molar-refractivity contribution in [3.63, 3.8) is 0 Å². The molecule has 4 rings (SSSR count). The molecule has 2 aromatic rings. The van der Waals surface area contributed by atoms with Crippen LogP contribution in [0.3, 0.4) is 0 Å². The minimum absolute atomic E-state index is 0.0425. The Balaban J connectivity index is 1.29. The van der Waals surface area contributed by atoms with Gasteiger partial charge in [-0.2, -0.15) is 0 Å². The van der Waals surface area contributed by atoms with Gasteiger partial charge in [-0.1, -0.05) is 30.3 Å². The van der Waals surface area contributed by atoms with Crippen LogP contribution in [0.25, 0.3) is 0 Å². The standard InChI is InChI=1S/C23H27N3O2/c1-25-11-13-26(14-12-25)16-22(27)18-7-9-19(10-8-18)24-23(28)21-15-20(21)17-5-3-2-4-6-17/h2-10,20-21H,11-16H2,1H3,(H,24,28). The molecular weight excluding hydrogens is 350 g/mol. The molecule has 28 heavy (non-hydrogen) atoms. The van der Waals surface area contributed by atoms with E-state index < -0.39 is 0 Å². The summed E-state index contributed by atoms with van der Waals surface area (Å²) in [5.41, 5.74) is 2.68. The number of benzene rings is 2. The molecule has 1 heterocycles. The van der Waals surface area contributed by atoms with Crippen molar-refractivity contribution in [3.8, 4) is 0 Å². The second-order valence-electron chi connectivity index (χ2n) is 7.93. The zero-order valence-corrected chi connectivity index (χ0v) is 16.3. The second-order valence-corrected chi connectivity index (χ2v) is 7.93. The van der Waals surface area contributed by atoms with Crippen LogP contribution >= 0.6 is 0 Å². The Morgan fingerprint density at radius 2 is 1.64 bits per heavy atom. The normalized spacial score (nSPS) is 22.6. The third-order valence-corrected chi connectivity index (χ3v) is 5.79. The van der Waals surface area contributed by atoms with Gasteiger partial charge in [-0.25, -0.2) is 0 Å². The van der Waals surface area contributed by atoms with E-state index in [1.807, 2.05) is 42.5 Å². The van der Waals surface area contributed by atoms with E-state index in [0.29, 0.717) is 18.0 Å². The van der Waals surface area contributed by atoms with Gasteiger partial charge in [0.05, 0.1) is 6.54 Å². The maximum atomic E-state index is 12.5. The van der Waals surface area contributed by atoms with Gasteiger partial charge < -0.3 is 10.2 Å². The average Bonchev–Trinajstić information content (AvgIpc) is 3.52. The smallest absolute Gasteiger partial charge is 0.228 e. The molecule has 5 nitrogen and oxygen atoms in total. The molecule has 1 saturated heterocycles. The highest BCUT2D eigenvalue weighted by Crippen LogP contribution is 2.47. The summed E-state index contributed by atoms with van der Waals surface area (Å²) >= 11 is 0. The van der Waals surface area contributed by atoms with Crippen LogP contribution in [-0.4, -0.2) is 61.3 Å². The number of anilines is 1. The van der Waals surface area contributed by atoms with E-state index >= 15 is 0 Å². The molecule has 1 saturated carbocycles. The number of likely N-dealkylation sites (N-methyl/N-ethyl adjacent to an activating group) is 1. The maximum Gasteiger partial charge on any atom is 0.228 e. The zero-order chi connectivity index (χ0) is 19.5. The monoisotopic (exact) mass is 377 g/mol. The molecule has 1 aliphatic heterocycles. The average molecular weight is 377 g/mol. The van der Waals surface area contributed by atoms with Gasteiger partial charge in [-0.15, -0.1) is 0 Å². The summed E-state index contributed by atoms with van der Waals surface area (Å²) in [6.07, 6.45) is 0.900. The Hall–Kier alpha value is -2.50. The fourth-order valence-corrected chi connectivity index (χ4v) is 3.83. The van der Waals surface area contributed by atoms with Crippen molar-refractivity contribution >= 4 is 17.4 Å². The van der Waals surface area contributed by atoms with E-state index in [1.54, 1.807) is 0 Å². The molecule has 0 aromatic heterocycles. The van der Waals surface area contributed by atoms with Gasteiger partial charge in [0.15, 0.2) is 5.78 Å². The first-order valence-corrected chi connectivity index (χ1v) is 10.00. The van der Waals surface area contributed by atoms with Crippen LogP contribution in [0.2, 0.25) is 0 Å². The topological polar surface area (TPSA) is 52.6 Å². The molecule has 5 heteroatoms. The SMILES string of the molecule is CN1CCN(CC(=O)c2ccc(NC(=O)C3CC3c3ccccc3)cc2)CC1. The van der Waals surface area contributed by atoms with E-state index in [0.717, 1.165) is 38.3 Å². The molecule has 2 fully saturated rings. The zero-order valence-electron chi connectivity index (χ0n) is 16.3. The number of Topliss-reactive ketones (excluding diaryl/α,β-unsaturated/α-hetero) is 1. The molecule has 146 valence electrons. The fourth-order valence-electron chi connectivity index (χ4n) is 3.83. The molecule has 1 amide bonds. The predicted molar refractivity (Wildman–Crippen MR) is 111 cm³/mol. The van der Waals surface area contributed by atoms with Gasteiger partial charge in [0.1, 0.15) is 0 Å². The summed E-state index contributed by atoms with van der Waals surface area (Å²) in [5.74, 6) is 0.561. The van der Waals surface area contributed by atoms with Crippen LogP contribution in [0.15, 0.2) is 54.6 Å². The lowest BCUT2D eigenvalue weighted by atomic mass is 10.1. The fraction of sp³-hybridized carbons (Fsp3) is 0.391. The van der Waals surface area contributed by atoms with E-state index in [4.69, 9.17) is 0 Å². The molecule has 1 aliphatic carbocycles. The molecule has 2 aromatic carbocycles. The molecule has 2 unspecified atom stereocenters. The first-order valence-electron chi connectivity index (χ1n) is 10.00. The third kappa shape index (κ3) is 4.49. The lowest BCUT2D eigenvalue weighted by molar-refractivity contribution is -0.117. The molecule has 2 atom stereocenters. The Morgan fingerprint density at radius 1 is 0.964 bits per heavy atom. The summed E-state index contributed by atoms with van der Waals surface area (Å²) in [6, 6.07) is 17.5. The minimum atomic E-state index is 0.0425. The van der Waals surface area contributed by atoms with Crippen LogP contribution in [-0.2, 0) is 4.79 Å². The number of rotatable bonds is 6. The first-order chi connectivity index (χ1) is 13.6. The van der Waals surface area contributed by atoms with Crippen LogP contribution in [0.5, 0.6) is 0 Å². The predicted octanol–water partition coefficient (Wildman–Crippen LogP) is 2.86. The summed E-state index contributed by atoms with van der Waals surface area (Å²) in [6.45, 7) is 4.33. The number of hydrogen-bond acceptors (Lipinski definition) is 4. The number of hydrogen-bond donors (Lipinski definition) is 1. The quantitative estimate of drug-likeness (QED) is 0.787. The Labute approximate surface area is 166 Å². The van der Waals surface area contributed by atoms with E-state index in [2.05, 4.69) is 34.3 Å². The number of carbonyl (C=O) groups is 2. The van der Waals surface area contributed by atoms with Crippen LogP contribution < -0.4 is 5.32 Å². The first kappa shape index (κ1) is 18.8. The Kier molecular flexibility index (Phi) is 5.55. The Bertz CT molecular complexity index is 827. The van der Waals surface area contributed by atoms with Crippen LogP contribution in [0, 0.1) is 5.92 Å². The second kappa shape index (κ2) is 8.25. The van der Waals surface area contributed by atoms with Crippen molar-refractivity contribution in [1.82, 2.24) is 9.80 Å². The highest BCUT2D eigenvalue weighted by atomic mass is 16.2. The van der Waals surface area contributed by atoms with Gasteiger partial charge in [0.2, 0.25) is 5.91 Å². The third-order valence-electron chi connectivity index (χ3n) is 5.79. The molecule has 0 spiro atoms. The van der Waals surface area contributed by atoms with Gasteiger partial charge in [0.25, 0.3) is 0 Å². The lowest BCUT2D eigenvalue weighted by Gasteiger charge is -2.31. The van der Waals surface area contributed by atoms with E-state index in [9.17, 15) is 9.59 Å². The number of nitrogens with zero attached hydrogens (tertiary/aromatic N) is 2. The largest absolute Gasteiger partial charge is 0.326 e. The van der Waals surface area contributed by atoms with Gasteiger partial charge in [-0.3, -0.25) is 14.5 Å². The number of carbonyl (C=O) groups excluding carboxylic acids is 2. The van der Waals surface area contributed by atoms with E-state index in [-0.39, 0.29) is 17.6 Å². The van der Waals surface area contributed by atoms with Crippen LogP contribution in [0.4, 0.5) is 5.69 Å². The van der Waals surface area contributed by atoms with Crippen molar-refractivity contribution < 1.29 is 9.59 Å². The number of nitrogens with one attached hydrogen (secondary N) is 1. The lowest BCUT2D eigenvalue weighted by Crippen LogP contribution is -2.46. The molecule has 0 bridgehead atoms.